The van der Waals surface area contributed by atoms with E-state index >= 15 is 0 Å². The fraction of sp³-hybridized carbons (Fsp3) is 0.667. The van der Waals surface area contributed by atoms with Crippen molar-refractivity contribution in [3.63, 3.8) is 0 Å². The first-order chi connectivity index (χ1) is 9.48. The second-order valence-electron chi connectivity index (χ2n) is 6.46. The summed E-state index contributed by atoms with van der Waals surface area (Å²) in [6.45, 7) is 14.1. The highest BCUT2D eigenvalue weighted by atomic mass is 16.5. The molecule has 2 rings (SSSR count). The number of benzene rings is 1. The summed E-state index contributed by atoms with van der Waals surface area (Å²) in [6.07, 6.45) is 2.62. The Bertz CT molecular complexity index is 445. The lowest BCUT2D eigenvalue weighted by Gasteiger charge is -2.34. The molecule has 1 heterocycles. The van der Waals surface area contributed by atoms with E-state index in [9.17, 15) is 0 Å². The Balaban J connectivity index is 2.29. The molecule has 1 saturated heterocycles. The maximum atomic E-state index is 5.90. The molecule has 112 valence electrons. The molecule has 2 heteroatoms. The molecule has 0 radical (unpaired) electrons. The van der Waals surface area contributed by atoms with E-state index in [-0.39, 0.29) is 5.41 Å². The molecule has 1 aromatic carbocycles. The van der Waals surface area contributed by atoms with Crippen LogP contribution in [-0.4, -0.2) is 25.8 Å². The normalized spacial score (nSPS) is 26.1. The molecule has 0 spiro atoms. The molecule has 0 bridgehead atoms. The van der Waals surface area contributed by atoms with E-state index in [0.29, 0.717) is 6.10 Å². The smallest absolute Gasteiger partial charge is 0.0619 e. The third kappa shape index (κ3) is 3.07. The van der Waals surface area contributed by atoms with Crippen LogP contribution in [0.25, 0.3) is 0 Å². The Hall–Kier alpha value is -0.860. The Morgan fingerprint density at radius 3 is 2.40 bits per heavy atom. The lowest BCUT2D eigenvalue weighted by Crippen LogP contribution is -2.41. The molecule has 2 atom stereocenters. The van der Waals surface area contributed by atoms with Gasteiger partial charge in [0.1, 0.15) is 0 Å². The summed E-state index contributed by atoms with van der Waals surface area (Å²) in [4.78, 5) is 0. The third-order valence-electron chi connectivity index (χ3n) is 4.93. The lowest BCUT2D eigenvalue weighted by molar-refractivity contribution is 0.0631. The molecule has 1 aliphatic rings. The zero-order valence-corrected chi connectivity index (χ0v) is 13.7. The van der Waals surface area contributed by atoms with Crippen molar-refractivity contribution in [1.29, 1.82) is 0 Å². The van der Waals surface area contributed by atoms with Crippen molar-refractivity contribution in [2.45, 2.75) is 53.6 Å². The van der Waals surface area contributed by atoms with Crippen LogP contribution in [0.4, 0.5) is 0 Å². The standard InChI is InChI=1S/C18H29NO/c1-6-19-12-18(7-8-20-16(18)5)11-17-14(3)9-13(2)10-15(17)4/h9-10,16,19H,6-8,11-12H2,1-5H3. The minimum Gasteiger partial charge on any atom is -0.378 e. The SMILES string of the molecule is CCNCC1(Cc2c(C)cc(C)cc2C)CCOC1C. The van der Waals surface area contributed by atoms with E-state index in [4.69, 9.17) is 4.74 Å². The molecule has 0 aromatic heterocycles. The van der Waals surface area contributed by atoms with Crippen LogP contribution in [0.1, 0.15) is 42.5 Å². The number of ether oxygens (including phenoxy) is 1. The van der Waals surface area contributed by atoms with Gasteiger partial charge in [-0.1, -0.05) is 24.6 Å². The summed E-state index contributed by atoms with van der Waals surface area (Å²) in [5.41, 5.74) is 5.99. The van der Waals surface area contributed by atoms with Crippen molar-refractivity contribution in [3.05, 3.63) is 34.4 Å². The zero-order valence-electron chi connectivity index (χ0n) is 13.7. The third-order valence-corrected chi connectivity index (χ3v) is 4.93. The summed E-state index contributed by atoms with van der Waals surface area (Å²) in [5, 5.41) is 3.55. The lowest BCUT2D eigenvalue weighted by atomic mass is 9.74. The number of nitrogens with one attached hydrogen (secondary N) is 1. The van der Waals surface area contributed by atoms with Crippen LogP contribution in [0.15, 0.2) is 12.1 Å². The van der Waals surface area contributed by atoms with Gasteiger partial charge in [0.05, 0.1) is 6.10 Å². The van der Waals surface area contributed by atoms with Gasteiger partial charge < -0.3 is 10.1 Å². The van der Waals surface area contributed by atoms with Crippen LogP contribution in [-0.2, 0) is 11.2 Å². The summed E-state index contributed by atoms with van der Waals surface area (Å²) >= 11 is 0. The van der Waals surface area contributed by atoms with Crippen molar-refractivity contribution in [2.75, 3.05) is 19.7 Å². The maximum absolute atomic E-state index is 5.90. The van der Waals surface area contributed by atoms with Crippen LogP contribution in [0, 0.1) is 26.2 Å². The van der Waals surface area contributed by atoms with Crippen molar-refractivity contribution in [3.8, 4) is 0 Å². The fourth-order valence-electron chi connectivity index (χ4n) is 3.56. The molecule has 1 aromatic rings. The number of hydrogen-bond donors (Lipinski definition) is 1. The van der Waals surface area contributed by atoms with Gasteiger partial charge in [-0.15, -0.1) is 0 Å². The zero-order chi connectivity index (χ0) is 14.8. The monoisotopic (exact) mass is 275 g/mol. The van der Waals surface area contributed by atoms with Gasteiger partial charge in [-0.2, -0.15) is 0 Å². The van der Waals surface area contributed by atoms with Crippen molar-refractivity contribution < 1.29 is 4.74 Å². The van der Waals surface area contributed by atoms with Crippen molar-refractivity contribution in [1.82, 2.24) is 5.32 Å². The van der Waals surface area contributed by atoms with E-state index in [1.807, 2.05) is 0 Å². The van der Waals surface area contributed by atoms with Crippen LogP contribution in [0.2, 0.25) is 0 Å². The van der Waals surface area contributed by atoms with Crippen molar-refractivity contribution >= 4 is 0 Å². The quantitative estimate of drug-likeness (QED) is 0.887. The van der Waals surface area contributed by atoms with Crippen molar-refractivity contribution in [2.24, 2.45) is 5.41 Å². The molecular weight excluding hydrogens is 246 g/mol. The molecule has 20 heavy (non-hydrogen) atoms. The Morgan fingerprint density at radius 2 is 1.90 bits per heavy atom. The Kier molecular flexibility index (Phi) is 4.87. The highest BCUT2D eigenvalue weighted by Crippen LogP contribution is 2.39. The molecule has 0 amide bonds. The van der Waals surface area contributed by atoms with Gasteiger partial charge in [-0.3, -0.25) is 0 Å². The van der Waals surface area contributed by atoms with E-state index in [0.717, 1.165) is 32.5 Å². The highest BCUT2D eigenvalue weighted by Gasteiger charge is 2.41. The molecule has 1 aliphatic heterocycles. The van der Waals surface area contributed by atoms with Crippen LogP contribution in [0.3, 0.4) is 0 Å². The fourth-order valence-corrected chi connectivity index (χ4v) is 3.56. The molecular formula is C18H29NO. The van der Waals surface area contributed by atoms with Gasteiger partial charge in [0.25, 0.3) is 0 Å². The van der Waals surface area contributed by atoms with E-state index in [1.54, 1.807) is 0 Å². The summed E-state index contributed by atoms with van der Waals surface area (Å²) in [5.74, 6) is 0. The maximum Gasteiger partial charge on any atom is 0.0619 e. The molecule has 1 N–H and O–H groups in total. The number of hydrogen-bond acceptors (Lipinski definition) is 2. The van der Waals surface area contributed by atoms with Gasteiger partial charge >= 0.3 is 0 Å². The number of rotatable bonds is 5. The van der Waals surface area contributed by atoms with Crippen LogP contribution in [0.5, 0.6) is 0 Å². The second-order valence-corrected chi connectivity index (χ2v) is 6.46. The Morgan fingerprint density at radius 1 is 1.25 bits per heavy atom. The minimum atomic E-state index is 0.251. The number of aryl methyl sites for hydroxylation is 3. The second kappa shape index (κ2) is 6.28. The van der Waals surface area contributed by atoms with Gasteiger partial charge in [0, 0.05) is 18.6 Å². The molecule has 0 aliphatic carbocycles. The van der Waals surface area contributed by atoms with E-state index < -0.39 is 0 Å². The minimum absolute atomic E-state index is 0.251. The Labute approximate surface area is 123 Å². The summed E-state index contributed by atoms with van der Waals surface area (Å²) in [6, 6.07) is 4.62. The first-order valence-electron chi connectivity index (χ1n) is 7.87. The van der Waals surface area contributed by atoms with E-state index in [2.05, 4.69) is 52.1 Å². The molecule has 0 saturated carbocycles. The summed E-state index contributed by atoms with van der Waals surface area (Å²) < 4.78 is 5.90. The van der Waals surface area contributed by atoms with Gasteiger partial charge in [0.2, 0.25) is 0 Å². The first kappa shape index (κ1) is 15.5. The van der Waals surface area contributed by atoms with Gasteiger partial charge in [0.15, 0.2) is 0 Å². The van der Waals surface area contributed by atoms with E-state index in [1.165, 1.54) is 22.3 Å². The first-order valence-corrected chi connectivity index (χ1v) is 7.87. The molecule has 1 fully saturated rings. The average Bonchev–Trinajstić information content (AvgIpc) is 2.73. The average molecular weight is 275 g/mol. The largest absolute Gasteiger partial charge is 0.378 e. The topological polar surface area (TPSA) is 21.3 Å². The molecule has 2 nitrogen and oxygen atoms in total. The highest BCUT2D eigenvalue weighted by molar-refractivity contribution is 5.38. The van der Waals surface area contributed by atoms with Gasteiger partial charge in [-0.25, -0.2) is 0 Å². The predicted molar refractivity (Wildman–Crippen MR) is 85.4 cm³/mol. The van der Waals surface area contributed by atoms with Gasteiger partial charge in [-0.05, 0) is 63.8 Å². The summed E-state index contributed by atoms with van der Waals surface area (Å²) in [7, 11) is 0. The molecule has 2 unspecified atom stereocenters. The predicted octanol–water partition coefficient (Wildman–Crippen LogP) is 3.56. The van der Waals surface area contributed by atoms with Crippen LogP contribution >= 0.6 is 0 Å². The van der Waals surface area contributed by atoms with Crippen LogP contribution < -0.4 is 5.32 Å².